The van der Waals surface area contributed by atoms with E-state index >= 15 is 0 Å². The number of fused-ring (bicyclic) bond motifs is 3. The Bertz CT molecular complexity index is 1150. The molecule has 1 saturated heterocycles. The zero-order valence-electron chi connectivity index (χ0n) is 17.1. The number of anilines is 1. The number of likely N-dealkylation sites (tertiary alicyclic amines) is 1. The van der Waals surface area contributed by atoms with E-state index in [2.05, 4.69) is 52.1 Å². The van der Waals surface area contributed by atoms with Gasteiger partial charge < -0.3 is 15.4 Å². The summed E-state index contributed by atoms with van der Waals surface area (Å²) in [6.45, 7) is 6.20. The highest BCUT2D eigenvalue weighted by Gasteiger charge is 2.34. The molecule has 2 unspecified atom stereocenters. The Hall–Kier alpha value is -2.44. The number of carbonyl (C=O) groups is 1. The maximum atomic E-state index is 13.3. The van der Waals surface area contributed by atoms with Crippen LogP contribution in [0.4, 0.5) is 5.82 Å². The summed E-state index contributed by atoms with van der Waals surface area (Å²) < 4.78 is 6.85. The van der Waals surface area contributed by atoms with Crippen molar-refractivity contribution in [1.82, 2.24) is 9.88 Å². The van der Waals surface area contributed by atoms with Crippen molar-refractivity contribution in [3.63, 3.8) is 0 Å². The van der Waals surface area contributed by atoms with Gasteiger partial charge in [-0.05, 0) is 54.3 Å². The number of ether oxygens (including phenoxy) is 1. The van der Waals surface area contributed by atoms with E-state index in [0.717, 1.165) is 39.6 Å². The first kappa shape index (κ1) is 19.5. The Morgan fingerprint density at radius 2 is 1.93 bits per heavy atom. The van der Waals surface area contributed by atoms with Gasteiger partial charge in [0.25, 0.3) is 5.91 Å². The summed E-state index contributed by atoms with van der Waals surface area (Å²) in [7, 11) is 0. The lowest BCUT2D eigenvalue weighted by atomic mass is 9.90. The topological polar surface area (TPSA) is 68.5 Å². The number of aromatic nitrogens is 1. The third kappa shape index (κ3) is 3.19. The van der Waals surface area contributed by atoms with Crippen LogP contribution >= 0.6 is 15.9 Å². The number of carbonyl (C=O) groups excluding carboxylic acids is 1. The van der Waals surface area contributed by atoms with E-state index in [1.165, 1.54) is 5.56 Å². The Labute approximate surface area is 184 Å². The zero-order valence-corrected chi connectivity index (χ0v) is 18.6. The van der Waals surface area contributed by atoms with Crippen molar-refractivity contribution in [1.29, 1.82) is 0 Å². The summed E-state index contributed by atoms with van der Waals surface area (Å²) in [6.07, 6.45) is -0.0673. The summed E-state index contributed by atoms with van der Waals surface area (Å²) in [6, 6.07) is 14.2. The summed E-state index contributed by atoms with van der Waals surface area (Å²) in [5.41, 5.74) is 10.9. The van der Waals surface area contributed by atoms with Gasteiger partial charge in [0, 0.05) is 40.0 Å². The van der Waals surface area contributed by atoms with Gasteiger partial charge in [0.05, 0.1) is 18.2 Å². The molecule has 154 valence electrons. The molecular weight excluding hydrogens is 442 g/mol. The average Bonchev–Trinajstić information content (AvgIpc) is 3.32. The number of hydrogen-bond acceptors (Lipinski definition) is 4. The molecule has 0 saturated carbocycles. The fourth-order valence-electron chi connectivity index (χ4n) is 4.86. The molecule has 0 bridgehead atoms. The monoisotopic (exact) mass is 465 g/mol. The first-order chi connectivity index (χ1) is 14.4. The van der Waals surface area contributed by atoms with Gasteiger partial charge in [-0.25, -0.2) is 4.98 Å². The third-order valence-electron chi connectivity index (χ3n) is 6.49. The standard InChI is InChI=1S/C24H24BrN3O2/c1-13-10-28(11-19(13)15-3-6-17(25)7-4-15)24(29)16-5-8-21-18(9-16)20-12-30-14(2)22(20)23(26)27-21/h3-9,13-14,19H,10-12H2,1-2H3,(H2,26,27)/t13?,14-,19?/m1/s1. The number of rotatable bonds is 2. The van der Waals surface area contributed by atoms with Gasteiger partial charge in [-0.1, -0.05) is 35.0 Å². The summed E-state index contributed by atoms with van der Waals surface area (Å²) in [5, 5.41) is 0.964. The minimum absolute atomic E-state index is 0.0673. The lowest BCUT2D eigenvalue weighted by Crippen LogP contribution is -2.28. The number of nitrogens with zero attached hydrogens (tertiary/aromatic N) is 2. The first-order valence-electron chi connectivity index (χ1n) is 10.3. The van der Waals surface area contributed by atoms with E-state index in [-0.39, 0.29) is 12.0 Å². The molecule has 3 atom stereocenters. The fraction of sp³-hybridized carbons (Fsp3) is 0.333. The van der Waals surface area contributed by atoms with E-state index in [1.54, 1.807) is 0 Å². The molecule has 3 heterocycles. The molecule has 2 N–H and O–H groups in total. The Morgan fingerprint density at radius 3 is 2.70 bits per heavy atom. The first-order valence-corrected chi connectivity index (χ1v) is 11.1. The maximum absolute atomic E-state index is 13.3. The number of hydrogen-bond donors (Lipinski definition) is 1. The van der Waals surface area contributed by atoms with Crippen molar-refractivity contribution >= 4 is 38.6 Å². The number of benzene rings is 2. The lowest BCUT2D eigenvalue weighted by Gasteiger charge is -2.18. The molecular formula is C24H24BrN3O2. The molecule has 2 aliphatic rings. The van der Waals surface area contributed by atoms with Crippen LogP contribution in [0.2, 0.25) is 0 Å². The van der Waals surface area contributed by atoms with Crippen LogP contribution in [0, 0.1) is 5.92 Å². The fourth-order valence-corrected chi connectivity index (χ4v) is 5.12. The van der Waals surface area contributed by atoms with Crippen LogP contribution < -0.4 is 5.73 Å². The van der Waals surface area contributed by atoms with Crippen molar-refractivity contribution in [3.05, 3.63) is 69.2 Å². The highest BCUT2D eigenvalue weighted by atomic mass is 79.9. The van der Waals surface area contributed by atoms with Gasteiger partial charge in [0.15, 0.2) is 0 Å². The van der Waals surface area contributed by atoms with Crippen molar-refractivity contribution in [2.45, 2.75) is 32.5 Å². The number of nitrogen functional groups attached to an aromatic ring is 1. The second-order valence-corrected chi connectivity index (χ2v) is 9.34. The van der Waals surface area contributed by atoms with E-state index in [4.69, 9.17) is 10.5 Å². The highest BCUT2D eigenvalue weighted by Crippen LogP contribution is 2.39. The molecule has 2 aromatic carbocycles. The summed E-state index contributed by atoms with van der Waals surface area (Å²) >= 11 is 3.50. The van der Waals surface area contributed by atoms with Gasteiger partial charge in [-0.2, -0.15) is 0 Å². The van der Waals surface area contributed by atoms with Crippen molar-refractivity contribution < 1.29 is 9.53 Å². The van der Waals surface area contributed by atoms with Crippen LogP contribution in [-0.4, -0.2) is 28.9 Å². The molecule has 0 aliphatic carbocycles. The largest absolute Gasteiger partial charge is 0.383 e. The van der Waals surface area contributed by atoms with Gasteiger partial charge in [0.2, 0.25) is 0 Å². The Balaban J connectivity index is 1.45. The maximum Gasteiger partial charge on any atom is 0.253 e. The van der Waals surface area contributed by atoms with Crippen molar-refractivity contribution in [3.8, 4) is 0 Å². The normalized spacial score (nSPS) is 23.2. The second-order valence-electron chi connectivity index (χ2n) is 8.42. The van der Waals surface area contributed by atoms with E-state index in [9.17, 15) is 4.79 Å². The zero-order chi connectivity index (χ0) is 21.0. The van der Waals surface area contributed by atoms with Gasteiger partial charge >= 0.3 is 0 Å². The second kappa shape index (κ2) is 7.36. The number of nitrogens with two attached hydrogens (primary N) is 1. The van der Waals surface area contributed by atoms with E-state index in [0.29, 0.717) is 29.8 Å². The SMILES string of the molecule is CC1CN(C(=O)c2ccc3nc(N)c4c(c3c2)CO[C@@H]4C)CC1c1ccc(Br)cc1. The highest BCUT2D eigenvalue weighted by molar-refractivity contribution is 9.10. The predicted octanol–water partition coefficient (Wildman–Crippen LogP) is 5.05. The lowest BCUT2D eigenvalue weighted by molar-refractivity contribution is 0.0785. The van der Waals surface area contributed by atoms with Crippen molar-refractivity contribution in [2.24, 2.45) is 5.92 Å². The predicted molar refractivity (Wildman–Crippen MR) is 121 cm³/mol. The Morgan fingerprint density at radius 1 is 1.17 bits per heavy atom. The smallest absolute Gasteiger partial charge is 0.253 e. The quantitative estimate of drug-likeness (QED) is 0.574. The van der Waals surface area contributed by atoms with Crippen molar-refractivity contribution in [2.75, 3.05) is 18.8 Å². The number of halogens is 1. The van der Waals surface area contributed by atoms with Crippen LogP contribution in [-0.2, 0) is 11.3 Å². The van der Waals surface area contributed by atoms with Crippen LogP contribution in [0.3, 0.4) is 0 Å². The van der Waals surface area contributed by atoms with Crippen LogP contribution in [0.25, 0.3) is 10.9 Å². The van der Waals surface area contributed by atoms with Gasteiger partial charge in [0.1, 0.15) is 5.82 Å². The molecule has 6 heteroatoms. The molecule has 30 heavy (non-hydrogen) atoms. The van der Waals surface area contributed by atoms with E-state index < -0.39 is 0 Å². The van der Waals surface area contributed by atoms with Crippen LogP contribution in [0.15, 0.2) is 46.9 Å². The molecule has 2 aliphatic heterocycles. The minimum atomic E-state index is -0.0673. The third-order valence-corrected chi connectivity index (χ3v) is 7.02. The van der Waals surface area contributed by atoms with E-state index in [1.807, 2.05) is 30.0 Å². The molecule has 3 aromatic rings. The van der Waals surface area contributed by atoms with Gasteiger partial charge in [-0.3, -0.25) is 4.79 Å². The molecule has 5 nitrogen and oxygen atoms in total. The minimum Gasteiger partial charge on any atom is -0.383 e. The molecule has 0 radical (unpaired) electrons. The summed E-state index contributed by atoms with van der Waals surface area (Å²) in [4.78, 5) is 19.9. The number of pyridine rings is 1. The molecule has 5 rings (SSSR count). The van der Waals surface area contributed by atoms with Crippen LogP contribution in [0.1, 0.15) is 52.9 Å². The van der Waals surface area contributed by atoms with Gasteiger partial charge in [-0.15, -0.1) is 0 Å². The average molecular weight is 466 g/mol. The molecule has 1 aromatic heterocycles. The molecule has 1 fully saturated rings. The van der Waals surface area contributed by atoms with Crippen LogP contribution in [0.5, 0.6) is 0 Å². The summed E-state index contributed by atoms with van der Waals surface area (Å²) in [5.74, 6) is 1.35. The number of amides is 1. The molecule has 1 amide bonds. The Kier molecular flexibility index (Phi) is 4.79. The molecule has 0 spiro atoms.